The fourth-order valence-corrected chi connectivity index (χ4v) is 2.81. The normalized spacial score (nSPS) is 11.0. The highest BCUT2D eigenvalue weighted by atomic mass is 32.1. The second-order valence-corrected chi connectivity index (χ2v) is 5.59. The zero-order valence-corrected chi connectivity index (χ0v) is 12.8. The van der Waals surface area contributed by atoms with E-state index in [1.807, 2.05) is 35.7 Å². The van der Waals surface area contributed by atoms with Gasteiger partial charge in [0.2, 0.25) is 0 Å². The lowest BCUT2D eigenvalue weighted by atomic mass is 10.2. The minimum atomic E-state index is -0.331. The van der Waals surface area contributed by atoms with Crippen molar-refractivity contribution in [3.05, 3.63) is 77.0 Å². The highest BCUT2D eigenvalue weighted by Crippen LogP contribution is 2.25. The van der Waals surface area contributed by atoms with Crippen LogP contribution >= 0.6 is 11.3 Å². The molecule has 2 aromatic carbocycles. The minimum Gasteiger partial charge on any atom is -0.360 e. The topological polar surface area (TPSA) is 48.7 Å². The van der Waals surface area contributed by atoms with E-state index in [0.717, 1.165) is 11.3 Å². The number of rotatable bonds is 4. The molecular formula is C18H12FN3S. The van der Waals surface area contributed by atoms with E-state index in [1.54, 1.807) is 18.3 Å². The molecule has 0 unspecified atom stereocenters. The molecule has 0 amide bonds. The van der Waals surface area contributed by atoms with Crippen LogP contribution in [-0.2, 0) is 0 Å². The molecule has 0 bridgehead atoms. The van der Waals surface area contributed by atoms with Gasteiger partial charge in [-0.05, 0) is 18.2 Å². The van der Waals surface area contributed by atoms with Crippen LogP contribution in [0.5, 0.6) is 0 Å². The lowest BCUT2D eigenvalue weighted by Crippen LogP contribution is -1.91. The Morgan fingerprint density at radius 1 is 1.17 bits per heavy atom. The molecular weight excluding hydrogens is 309 g/mol. The van der Waals surface area contributed by atoms with Crippen molar-refractivity contribution in [3.63, 3.8) is 0 Å². The van der Waals surface area contributed by atoms with Gasteiger partial charge in [0.05, 0.1) is 5.69 Å². The van der Waals surface area contributed by atoms with Gasteiger partial charge in [0.15, 0.2) is 0 Å². The van der Waals surface area contributed by atoms with Crippen LogP contribution in [0.3, 0.4) is 0 Å². The molecule has 3 rings (SSSR count). The monoisotopic (exact) mass is 321 g/mol. The third-order valence-corrected chi connectivity index (χ3v) is 4.01. The van der Waals surface area contributed by atoms with Crippen molar-refractivity contribution in [2.75, 3.05) is 5.32 Å². The number of anilines is 1. The van der Waals surface area contributed by atoms with Gasteiger partial charge >= 0.3 is 0 Å². The molecule has 0 saturated carbocycles. The van der Waals surface area contributed by atoms with Crippen molar-refractivity contribution in [2.45, 2.75) is 0 Å². The highest BCUT2D eigenvalue weighted by Gasteiger charge is 2.08. The van der Waals surface area contributed by atoms with E-state index >= 15 is 0 Å². The van der Waals surface area contributed by atoms with Gasteiger partial charge in [0.25, 0.3) is 0 Å². The summed E-state index contributed by atoms with van der Waals surface area (Å²) in [5.74, 6) is -0.331. The molecule has 0 fully saturated rings. The summed E-state index contributed by atoms with van der Waals surface area (Å²) in [5.41, 5.74) is 2.82. The predicted molar refractivity (Wildman–Crippen MR) is 91.2 cm³/mol. The van der Waals surface area contributed by atoms with Crippen LogP contribution in [0.1, 0.15) is 5.01 Å². The van der Waals surface area contributed by atoms with E-state index < -0.39 is 0 Å². The number of hydrogen-bond acceptors (Lipinski definition) is 4. The molecule has 1 heterocycles. The maximum Gasteiger partial charge on any atom is 0.136 e. The quantitative estimate of drug-likeness (QED) is 0.693. The van der Waals surface area contributed by atoms with Gasteiger partial charge < -0.3 is 5.32 Å². The fraction of sp³-hybridized carbons (Fsp3) is 0. The number of aromatic nitrogens is 1. The molecule has 0 saturated heterocycles. The Bertz CT molecular complexity index is 879. The molecule has 0 aliphatic carbocycles. The predicted octanol–water partition coefficient (Wildman–Crippen LogP) is 4.93. The molecule has 0 radical (unpaired) electrons. The maximum absolute atomic E-state index is 13.2. The molecule has 5 heteroatoms. The minimum absolute atomic E-state index is 0.331. The molecule has 3 aromatic rings. The van der Waals surface area contributed by atoms with Crippen LogP contribution in [0, 0.1) is 17.1 Å². The number of hydrogen-bond donors (Lipinski definition) is 1. The third-order valence-electron chi connectivity index (χ3n) is 3.13. The molecule has 23 heavy (non-hydrogen) atoms. The van der Waals surface area contributed by atoms with Gasteiger partial charge in [0, 0.05) is 22.8 Å². The van der Waals surface area contributed by atoms with Crippen molar-refractivity contribution in [1.29, 1.82) is 5.26 Å². The van der Waals surface area contributed by atoms with Gasteiger partial charge in [-0.15, -0.1) is 11.3 Å². The number of nitrogens with zero attached hydrogens (tertiary/aromatic N) is 2. The second kappa shape index (κ2) is 6.86. The van der Waals surface area contributed by atoms with Crippen LogP contribution in [0.15, 0.2) is 66.2 Å². The lowest BCUT2D eigenvalue weighted by molar-refractivity contribution is 0.628. The van der Waals surface area contributed by atoms with E-state index in [-0.39, 0.29) is 5.82 Å². The molecule has 1 N–H and O–H groups in total. The molecule has 112 valence electrons. The standard InChI is InChI=1S/C18H12FN3S/c19-15-7-4-8-16(9-15)21-11-14(10-20)18-22-17(12-23-18)13-5-2-1-3-6-13/h1-9,11-12,21H/b14-11-. The van der Waals surface area contributed by atoms with Crippen LogP contribution in [0.2, 0.25) is 0 Å². The average Bonchev–Trinajstić information content (AvgIpc) is 3.06. The van der Waals surface area contributed by atoms with Crippen LogP contribution in [0.25, 0.3) is 16.8 Å². The first-order chi connectivity index (χ1) is 11.3. The first kappa shape index (κ1) is 14.9. The molecule has 0 spiro atoms. The number of nitrogens with one attached hydrogen (secondary N) is 1. The van der Waals surface area contributed by atoms with E-state index in [2.05, 4.69) is 16.4 Å². The Labute approximate surface area is 137 Å². The Morgan fingerprint density at radius 2 is 2.00 bits per heavy atom. The molecule has 0 atom stereocenters. The van der Waals surface area contributed by atoms with Crippen LogP contribution in [0.4, 0.5) is 10.1 Å². The van der Waals surface area contributed by atoms with Crippen LogP contribution < -0.4 is 5.32 Å². The van der Waals surface area contributed by atoms with Crippen LogP contribution in [-0.4, -0.2) is 4.98 Å². The number of halogens is 1. The molecule has 1 aromatic heterocycles. The Hall–Kier alpha value is -2.97. The van der Waals surface area contributed by atoms with Crippen molar-refractivity contribution in [3.8, 4) is 17.3 Å². The molecule has 0 aliphatic heterocycles. The summed E-state index contributed by atoms with van der Waals surface area (Å²) in [7, 11) is 0. The summed E-state index contributed by atoms with van der Waals surface area (Å²) in [4.78, 5) is 4.50. The average molecular weight is 321 g/mol. The van der Waals surface area contributed by atoms with E-state index in [1.165, 1.54) is 23.5 Å². The maximum atomic E-state index is 13.2. The zero-order valence-electron chi connectivity index (χ0n) is 12.0. The van der Waals surface area contributed by atoms with Crippen molar-refractivity contribution < 1.29 is 4.39 Å². The summed E-state index contributed by atoms with van der Waals surface area (Å²) >= 11 is 1.40. The molecule has 0 aliphatic rings. The van der Waals surface area contributed by atoms with Crippen molar-refractivity contribution in [1.82, 2.24) is 4.98 Å². The largest absolute Gasteiger partial charge is 0.360 e. The Morgan fingerprint density at radius 3 is 2.74 bits per heavy atom. The smallest absolute Gasteiger partial charge is 0.136 e. The Balaban J connectivity index is 1.83. The lowest BCUT2D eigenvalue weighted by Gasteiger charge is -2.01. The summed E-state index contributed by atoms with van der Waals surface area (Å²) in [6.07, 6.45) is 1.54. The Kier molecular flexibility index (Phi) is 4.46. The van der Waals surface area contributed by atoms with Gasteiger partial charge in [-0.2, -0.15) is 5.26 Å². The van der Waals surface area contributed by atoms with E-state index in [9.17, 15) is 9.65 Å². The summed E-state index contributed by atoms with van der Waals surface area (Å²) in [6.45, 7) is 0. The van der Waals surface area contributed by atoms with Crippen molar-refractivity contribution in [2.24, 2.45) is 0 Å². The second-order valence-electron chi connectivity index (χ2n) is 4.73. The SMILES string of the molecule is N#C/C(=C/Nc1cccc(F)c1)c1nc(-c2ccccc2)cs1. The number of nitriles is 1. The summed E-state index contributed by atoms with van der Waals surface area (Å²) < 4.78 is 13.2. The number of thiazole rings is 1. The molecule has 3 nitrogen and oxygen atoms in total. The zero-order chi connectivity index (χ0) is 16.1. The summed E-state index contributed by atoms with van der Waals surface area (Å²) in [5, 5.41) is 14.8. The van der Waals surface area contributed by atoms with Crippen molar-refractivity contribution >= 4 is 22.6 Å². The first-order valence-corrected chi connectivity index (χ1v) is 7.78. The van der Waals surface area contributed by atoms with E-state index in [4.69, 9.17) is 0 Å². The third kappa shape index (κ3) is 3.62. The fourth-order valence-electron chi connectivity index (χ4n) is 2.01. The summed E-state index contributed by atoms with van der Waals surface area (Å²) in [6, 6.07) is 18.0. The van der Waals surface area contributed by atoms with Gasteiger partial charge in [-0.1, -0.05) is 36.4 Å². The number of allylic oxidation sites excluding steroid dienone is 1. The number of benzene rings is 2. The highest BCUT2D eigenvalue weighted by molar-refractivity contribution is 7.11. The van der Waals surface area contributed by atoms with E-state index in [0.29, 0.717) is 16.3 Å². The van der Waals surface area contributed by atoms with Gasteiger partial charge in [-0.3, -0.25) is 0 Å². The van der Waals surface area contributed by atoms with Gasteiger partial charge in [-0.25, -0.2) is 9.37 Å². The first-order valence-electron chi connectivity index (χ1n) is 6.90. The van der Waals surface area contributed by atoms with Gasteiger partial charge in [0.1, 0.15) is 22.5 Å².